The van der Waals surface area contributed by atoms with E-state index in [1.165, 1.54) is 17.4 Å². The molecule has 19 heavy (non-hydrogen) atoms. The second-order valence-corrected chi connectivity index (χ2v) is 6.19. The molecular weight excluding hydrogens is 261 g/mol. The molecule has 1 fully saturated rings. The van der Waals surface area contributed by atoms with Gasteiger partial charge in [-0.3, -0.25) is 0 Å². The monoisotopic (exact) mass is 279 g/mol. The van der Waals surface area contributed by atoms with E-state index < -0.39 is 0 Å². The summed E-state index contributed by atoms with van der Waals surface area (Å²) in [5, 5.41) is 4.52. The molecule has 0 bridgehead atoms. The highest BCUT2D eigenvalue weighted by atomic mass is 32.1. The van der Waals surface area contributed by atoms with Crippen molar-refractivity contribution in [2.24, 2.45) is 5.92 Å². The fourth-order valence-corrected chi connectivity index (χ4v) is 4.11. The maximum atomic E-state index is 13.3. The fourth-order valence-electron chi connectivity index (χ4n) is 2.82. The SMILES string of the molecule is CNC(c1cc2ccc(F)cc2s1)C1CCCOC1. The summed E-state index contributed by atoms with van der Waals surface area (Å²) < 4.78 is 19.9. The number of hydrogen-bond donors (Lipinski definition) is 1. The topological polar surface area (TPSA) is 21.3 Å². The molecule has 4 heteroatoms. The lowest BCUT2D eigenvalue weighted by Crippen LogP contribution is -2.30. The first-order valence-corrected chi connectivity index (χ1v) is 7.53. The quantitative estimate of drug-likeness (QED) is 0.924. The van der Waals surface area contributed by atoms with E-state index in [1.54, 1.807) is 17.4 Å². The van der Waals surface area contributed by atoms with Gasteiger partial charge in [0.15, 0.2) is 0 Å². The van der Waals surface area contributed by atoms with E-state index in [-0.39, 0.29) is 5.82 Å². The predicted octanol–water partition coefficient (Wildman–Crippen LogP) is 3.73. The van der Waals surface area contributed by atoms with Gasteiger partial charge in [-0.25, -0.2) is 4.39 Å². The van der Waals surface area contributed by atoms with Crippen LogP contribution < -0.4 is 5.32 Å². The Morgan fingerprint density at radius 2 is 2.32 bits per heavy atom. The van der Waals surface area contributed by atoms with Crippen molar-refractivity contribution in [2.45, 2.75) is 18.9 Å². The molecule has 1 saturated heterocycles. The molecule has 1 aromatic carbocycles. The Bertz CT molecular complexity index is 562. The van der Waals surface area contributed by atoms with Crippen molar-refractivity contribution in [1.82, 2.24) is 5.32 Å². The molecule has 2 aromatic rings. The molecule has 1 N–H and O–H groups in total. The number of thiophene rings is 1. The molecule has 0 amide bonds. The lowest BCUT2D eigenvalue weighted by Gasteiger charge is -2.29. The Morgan fingerprint density at radius 1 is 1.42 bits per heavy atom. The van der Waals surface area contributed by atoms with Crippen LogP contribution in [0.15, 0.2) is 24.3 Å². The summed E-state index contributed by atoms with van der Waals surface area (Å²) in [6.07, 6.45) is 2.32. The maximum absolute atomic E-state index is 13.3. The summed E-state index contributed by atoms with van der Waals surface area (Å²) in [5.74, 6) is 0.347. The summed E-state index contributed by atoms with van der Waals surface area (Å²) in [6.45, 7) is 1.69. The number of benzene rings is 1. The molecule has 0 spiro atoms. The number of hydrogen-bond acceptors (Lipinski definition) is 3. The molecular formula is C15H18FNOS. The van der Waals surface area contributed by atoms with Gasteiger partial charge < -0.3 is 10.1 Å². The van der Waals surface area contributed by atoms with Gasteiger partial charge in [-0.2, -0.15) is 0 Å². The lowest BCUT2D eigenvalue weighted by molar-refractivity contribution is 0.0407. The molecule has 2 heterocycles. The van der Waals surface area contributed by atoms with Crippen molar-refractivity contribution in [3.8, 4) is 0 Å². The summed E-state index contributed by atoms with van der Waals surface area (Å²) in [4.78, 5) is 1.28. The van der Waals surface area contributed by atoms with E-state index in [0.29, 0.717) is 12.0 Å². The van der Waals surface area contributed by atoms with Crippen LogP contribution >= 0.6 is 11.3 Å². The Kier molecular flexibility index (Phi) is 3.82. The largest absolute Gasteiger partial charge is 0.381 e. The van der Waals surface area contributed by atoms with Gasteiger partial charge in [0.25, 0.3) is 0 Å². The van der Waals surface area contributed by atoms with Gasteiger partial charge in [0.1, 0.15) is 5.82 Å². The van der Waals surface area contributed by atoms with E-state index in [2.05, 4.69) is 11.4 Å². The number of fused-ring (bicyclic) bond motifs is 1. The van der Waals surface area contributed by atoms with Crippen LogP contribution in [0.3, 0.4) is 0 Å². The number of rotatable bonds is 3. The van der Waals surface area contributed by atoms with Gasteiger partial charge in [-0.1, -0.05) is 6.07 Å². The summed E-state index contributed by atoms with van der Waals surface area (Å²) in [7, 11) is 1.99. The van der Waals surface area contributed by atoms with Crippen molar-refractivity contribution in [3.63, 3.8) is 0 Å². The Balaban J connectivity index is 1.91. The molecule has 1 aliphatic heterocycles. The number of nitrogens with one attached hydrogen (secondary N) is 1. The van der Waals surface area contributed by atoms with Crippen LogP contribution in [0, 0.1) is 11.7 Å². The number of ether oxygens (including phenoxy) is 1. The van der Waals surface area contributed by atoms with Gasteiger partial charge in [0, 0.05) is 28.1 Å². The summed E-state index contributed by atoms with van der Waals surface area (Å²) in [5.41, 5.74) is 0. The second-order valence-electron chi connectivity index (χ2n) is 5.07. The van der Waals surface area contributed by atoms with Crippen LogP contribution in [-0.4, -0.2) is 20.3 Å². The van der Waals surface area contributed by atoms with Gasteiger partial charge in [-0.05, 0) is 43.5 Å². The Labute approximate surface area is 116 Å². The van der Waals surface area contributed by atoms with Crippen LogP contribution in [0.5, 0.6) is 0 Å². The molecule has 102 valence electrons. The van der Waals surface area contributed by atoms with Gasteiger partial charge in [-0.15, -0.1) is 11.3 Å². The first kappa shape index (κ1) is 13.0. The predicted molar refractivity (Wildman–Crippen MR) is 77.1 cm³/mol. The first-order chi connectivity index (χ1) is 9.28. The van der Waals surface area contributed by atoms with Crippen LogP contribution in [-0.2, 0) is 4.74 Å². The summed E-state index contributed by atoms with van der Waals surface area (Å²) in [6, 6.07) is 7.48. The van der Waals surface area contributed by atoms with Crippen molar-refractivity contribution < 1.29 is 9.13 Å². The zero-order chi connectivity index (χ0) is 13.2. The molecule has 2 unspecified atom stereocenters. The molecule has 2 nitrogen and oxygen atoms in total. The van der Waals surface area contributed by atoms with E-state index in [1.807, 2.05) is 13.1 Å². The van der Waals surface area contributed by atoms with E-state index >= 15 is 0 Å². The average molecular weight is 279 g/mol. The van der Waals surface area contributed by atoms with Crippen molar-refractivity contribution in [1.29, 1.82) is 0 Å². The normalized spacial score (nSPS) is 21.7. The van der Waals surface area contributed by atoms with Crippen molar-refractivity contribution in [2.75, 3.05) is 20.3 Å². The zero-order valence-corrected chi connectivity index (χ0v) is 11.8. The molecule has 3 rings (SSSR count). The average Bonchev–Trinajstić information content (AvgIpc) is 2.83. The third-order valence-electron chi connectivity index (χ3n) is 3.79. The van der Waals surface area contributed by atoms with Crippen LogP contribution in [0.25, 0.3) is 10.1 Å². The third kappa shape index (κ3) is 2.66. The Morgan fingerprint density at radius 3 is 3.05 bits per heavy atom. The standard InChI is InChI=1S/C15H18FNOS/c1-17-15(11-3-2-6-18-9-11)14-7-10-4-5-12(16)8-13(10)19-14/h4-5,7-8,11,15,17H,2-3,6,9H2,1H3. The van der Waals surface area contributed by atoms with E-state index in [4.69, 9.17) is 4.74 Å². The molecule has 1 aliphatic rings. The highest BCUT2D eigenvalue weighted by molar-refractivity contribution is 7.19. The van der Waals surface area contributed by atoms with Crippen LogP contribution in [0.1, 0.15) is 23.8 Å². The minimum Gasteiger partial charge on any atom is -0.381 e. The minimum atomic E-state index is -0.164. The first-order valence-electron chi connectivity index (χ1n) is 6.72. The van der Waals surface area contributed by atoms with E-state index in [9.17, 15) is 4.39 Å². The van der Waals surface area contributed by atoms with Crippen LogP contribution in [0.4, 0.5) is 4.39 Å². The van der Waals surface area contributed by atoms with E-state index in [0.717, 1.165) is 29.7 Å². The molecule has 1 aromatic heterocycles. The minimum absolute atomic E-state index is 0.164. The fraction of sp³-hybridized carbons (Fsp3) is 0.467. The molecule has 0 radical (unpaired) electrons. The van der Waals surface area contributed by atoms with Gasteiger partial charge in [0.2, 0.25) is 0 Å². The van der Waals surface area contributed by atoms with Crippen LogP contribution in [0.2, 0.25) is 0 Å². The van der Waals surface area contributed by atoms with Crippen molar-refractivity contribution >= 4 is 21.4 Å². The lowest BCUT2D eigenvalue weighted by atomic mass is 9.92. The second kappa shape index (κ2) is 5.57. The molecule has 2 atom stereocenters. The maximum Gasteiger partial charge on any atom is 0.124 e. The number of halogens is 1. The van der Waals surface area contributed by atoms with Crippen molar-refractivity contribution in [3.05, 3.63) is 35.0 Å². The molecule has 0 aliphatic carbocycles. The summed E-state index contributed by atoms with van der Waals surface area (Å²) >= 11 is 1.68. The highest BCUT2D eigenvalue weighted by Crippen LogP contribution is 2.36. The third-order valence-corrected chi connectivity index (χ3v) is 4.97. The van der Waals surface area contributed by atoms with Gasteiger partial charge >= 0.3 is 0 Å². The molecule has 0 saturated carbocycles. The smallest absolute Gasteiger partial charge is 0.124 e. The van der Waals surface area contributed by atoms with Gasteiger partial charge in [0.05, 0.1) is 6.61 Å². The highest BCUT2D eigenvalue weighted by Gasteiger charge is 2.25. The Hall–Kier alpha value is -0.970. The zero-order valence-electron chi connectivity index (χ0n) is 11.0.